The van der Waals surface area contributed by atoms with E-state index < -0.39 is 0 Å². The van der Waals surface area contributed by atoms with Crippen LogP contribution in [0.25, 0.3) is 0 Å². The lowest BCUT2D eigenvalue weighted by Crippen LogP contribution is -2.41. The number of benzene rings is 2. The molecule has 1 aliphatic heterocycles. The van der Waals surface area contributed by atoms with E-state index >= 15 is 0 Å². The van der Waals surface area contributed by atoms with Crippen molar-refractivity contribution in [2.75, 3.05) is 0 Å². The minimum absolute atomic E-state index is 0.0332. The Labute approximate surface area is 138 Å². The van der Waals surface area contributed by atoms with Crippen molar-refractivity contribution >= 4 is 0 Å². The molecule has 0 aromatic heterocycles. The SMILES string of the molecule is CC1(C)[C@@H]2CC[C@H]2[C@@]2(c3ccccc3)O[C@@]12Cc1ccccc1. The van der Waals surface area contributed by atoms with Gasteiger partial charge in [0.15, 0.2) is 0 Å². The molecule has 0 spiro atoms. The van der Waals surface area contributed by atoms with Crippen LogP contribution < -0.4 is 0 Å². The van der Waals surface area contributed by atoms with Gasteiger partial charge in [0, 0.05) is 11.8 Å². The molecule has 1 heteroatoms. The average Bonchev–Trinajstić information content (AvgIpc) is 3.16. The fourth-order valence-corrected chi connectivity index (χ4v) is 5.85. The van der Waals surface area contributed by atoms with E-state index in [2.05, 4.69) is 74.5 Å². The quantitative estimate of drug-likeness (QED) is 0.730. The summed E-state index contributed by atoms with van der Waals surface area (Å²) < 4.78 is 6.77. The maximum Gasteiger partial charge on any atom is 0.127 e. The Hall–Kier alpha value is -1.60. The lowest BCUT2D eigenvalue weighted by molar-refractivity contribution is -0.0376. The van der Waals surface area contributed by atoms with Crippen LogP contribution in [-0.2, 0) is 16.8 Å². The molecular formula is C22H24O. The van der Waals surface area contributed by atoms with Crippen molar-refractivity contribution in [2.45, 2.75) is 44.3 Å². The summed E-state index contributed by atoms with van der Waals surface area (Å²) in [4.78, 5) is 0. The van der Waals surface area contributed by atoms with Crippen LogP contribution in [0.2, 0.25) is 0 Å². The van der Waals surface area contributed by atoms with E-state index in [1.165, 1.54) is 24.0 Å². The van der Waals surface area contributed by atoms with E-state index in [0.717, 1.165) is 12.3 Å². The van der Waals surface area contributed by atoms with Crippen molar-refractivity contribution in [3.63, 3.8) is 0 Å². The summed E-state index contributed by atoms with van der Waals surface area (Å²) in [6.45, 7) is 4.90. The molecule has 2 aromatic rings. The summed E-state index contributed by atoms with van der Waals surface area (Å²) in [5, 5.41) is 0. The summed E-state index contributed by atoms with van der Waals surface area (Å²) >= 11 is 0. The van der Waals surface area contributed by atoms with Crippen LogP contribution in [0.4, 0.5) is 0 Å². The number of hydrogen-bond acceptors (Lipinski definition) is 1. The number of ether oxygens (including phenoxy) is 1. The van der Waals surface area contributed by atoms with Gasteiger partial charge < -0.3 is 4.74 Å². The lowest BCUT2D eigenvalue weighted by atomic mass is 9.63. The van der Waals surface area contributed by atoms with Gasteiger partial charge in [0.05, 0.1) is 0 Å². The van der Waals surface area contributed by atoms with E-state index in [-0.39, 0.29) is 16.6 Å². The second-order valence-corrected chi connectivity index (χ2v) is 8.21. The van der Waals surface area contributed by atoms with Crippen LogP contribution in [0, 0.1) is 17.3 Å². The first-order chi connectivity index (χ1) is 11.1. The van der Waals surface area contributed by atoms with Gasteiger partial charge in [-0.25, -0.2) is 0 Å². The molecule has 2 saturated carbocycles. The van der Waals surface area contributed by atoms with Crippen LogP contribution >= 0.6 is 0 Å². The molecular weight excluding hydrogens is 280 g/mol. The fraction of sp³-hybridized carbons (Fsp3) is 0.455. The zero-order valence-electron chi connectivity index (χ0n) is 14.0. The topological polar surface area (TPSA) is 12.5 Å². The third kappa shape index (κ3) is 1.48. The highest BCUT2D eigenvalue weighted by molar-refractivity contribution is 5.45. The highest BCUT2D eigenvalue weighted by atomic mass is 16.6. The minimum atomic E-state index is -0.0451. The molecule has 3 fully saturated rings. The highest BCUT2D eigenvalue weighted by Crippen LogP contribution is 2.82. The lowest BCUT2D eigenvalue weighted by Gasteiger charge is -2.44. The molecule has 0 amide bonds. The zero-order chi connectivity index (χ0) is 15.7. The monoisotopic (exact) mass is 304 g/mol. The number of hydrogen-bond donors (Lipinski definition) is 0. The van der Waals surface area contributed by atoms with Crippen molar-refractivity contribution in [1.82, 2.24) is 0 Å². The second kappa shape index (κ2) is 4.27. The van der Waals surface area contributed by atoms with E-state index in [0.29, 0.717) is 5.92 Å². The van der Waals surface area contributed by atoms with Crippen LogP contribution in [-0.4, -0.2) is 5.60 Å². The van der Waals surface area contributed by atoms with Gasteiger partial charge in [0.2, 0.25) is 0 Å². The Morgan fingerprint density at radius 3 is 2.09 bits per heavy atom. The predicted molar refractivity (Wildman–Crippen MR) is 92.1 cm³/mol. The van der Waals surface area contributed by atoms with Crippen molar-refractivity contribution in [1.29, 1.82) is 0 Å². The van der Waals surface area contributed by atoms with E-state index in [1.807, 2.05) is 0 Å². The molecule has 2 aliphatic carbocycles. The Balaban J connectivity index is 1.64. The minimum Gasteiger partial charge on any atom is -0.356 e. The number of fused-ring (bicyclic) bond motifs is 3. The van der Waals surface area contributed by atoms with Gasteiger partial charge in [-0.15, -0.1) is 0 Å². The van der Waals surface area contributed by atoms with Gasteiger partial charge in [-0.1, -0.05) is 74.5 Å². The molecule has 0 N–H and O–H groups in total. The molecule has 4 atom stereocenters. The van der Waals surface area contributed by atoms with Crippen LogP contribution in [0.5, 0.6) is 0 Å². The van der Waals surface area contributed by atoms with Crippen LogP contribution in [0.15, 0.2) is 60.7 Å². The van der Waals surface area contributed by atoms with Gasteiger partial charge in [0.1, 0.15) is 11.2 Å². The summed E-state index contributed by atoms with van der Waals surface area (Å²) in [6, 6.07) is 21.9. The predicted octanol–water partition coefficient (Wildman–Crippen LogP) is 4.96. The first-order valence-corrected chi connectivity index (χ1v) is 8.91. The third-order valence-corrected chi connectivity index (χ3v) is 7.16. The van der Waals surface area contributed by atoms with Gasteiger partial charge in [-0.05, 0) is 35.8 Å². The maximum absolute atomic E-state index is 6.77. The Morgan fingerprint density at radius 2 is 1.48 bits per heavy atom. The molecule has 118 valence electrons. The summed E-state index contributed by atoms with van der Waals surface area (Å²) in [7, 11) is 0. The largest absolute Gasteiger partial charge is 0.356 e. The smallest absolute Gasteiger partial charge is 0.127 e. The van der Waals surface area contributed by atoms with Crippen LogP contribution in [0.3, 0.4) is 0 Å². The molecule has 1 heterocycles. The fourth-order valence-electron chi connectivity index (χ4n) is 5.85. The molecule has 23 heavy (non-hydrogen) atoms. The zero-order valence-corrected chi connectivity index (χ0v) is 14.0. The molecule has 1 saturated heterocycles. The van der Waals surface area contributed by atoms with Crippen LogP contribution in [0.1, 0.15) is 37.8 Å². The molecule has 0 radical (unpaired) electrons. The van der Waals surface area contributed by atoms with Crippen molar-refractivity contribution in [2.24, 2.45) is 17.3 Å². The van der Waals surface area contributed by atoms with Crippen molar-refractivity contribution in [3.8, 4) is 0 Å². The Bertz CT molecular complexity index is 735. The molecule has 0 bridgehead atoms. The summed E-state index contributed by atoms with van der Waals surface area (Å²) in [5.41, 5.74) is 2.96. The van der Waals surface area contributed by atoms with Gasteiger partial charge in [0.25, 0.3) is 0 Å². The molecule has 3 aliphatic rings. The van der Waals surface area contributed by atoms with Crippen molar-refractivity contribution < 1.29 is 4.74 Å². The van der Waals surface area contributed by atoms with E-state index in [1.54, 1.807) is 0 Å². The summed E-state index contributed by atoms with van der Waals surface area (Å²) in [5.74, 6) is 1.50. The second-order valence-electron chi connectivity index (χ2n) is 8.21. The number of epoxide rings is 1. The maximum atomic E-state index is 6.77. The Kier molecular flexibility index (Phi) is 2.56. The normalized spacial score (nSPS) is 39.2. The van der Waals surface area contributed by atoms with Gasteiger partial charge >= 0.3 is 0 Å². The number of rotatable bonds is 3. The Morgan fingerprint density at radius 1 is 0.870 bits per heavy atom. The van der Waals surface area contributed by atoms with Gasteiger partial charge in [-0.3, -0.25) is 0 Å². The summed E-state index contributed by atoms with van der Waals surface area (Å²) in [6.07, 6.45) is 3.72. The van der Waals surface area contributed by atoms with Crippen molar-refractivity contribution in [3.05, 3.63) is 71.8 Å². The van der Waals surface area contributed by atoms with Gasteiger partial charge in [-0.2, -0.15) is 0 Å². The highest BCUT2D eigenvalue weighted by Gasteiger charge is 2.87. The van der Waals surface area contributed by atoms with E-state index in [9.17, 15) is 0 Å². The third-order valence-electron chi connectivity index (χ3n) is 7.16. The molecule has 0 unspecified atom stereocenters. The first-order valence-electron chi connectivity index (χ1n) is 8.91. The van der Waals surface area contributed by atoms with E-state index in [4.69, 9.17) is 4.74 Å². The molecule has 1 nitrogen and oxygen atoms in total. The molecule has 2 aromatic carbocycles. The standard InChI is InChI=1S/C22H24O/c1-20(2)18-13-14-19(18)22(17-11-7-4-8-12-17)21(20,23-22)15-16-9-5-3-6-10-16/h3-12,18-19H,13-15H2,1-2H3/t18-,19-,21+,22-/m1/s1. The first kappa shape index (κ1) is 13.8. The molecule has 5 rings (SSSR count). The average molecular weight is 304 g/mol.